The third kappa shape index (κ3) is 3.75. The molecule has 0 bridgehead atoms. The average molecular weight is 380 g/mol. The van der Waals surface area contributed by atoms with Gasteiger partial charge in [0, 0.05) is 36.8 Å². The van der Waals surface area contributed by atoms with E-state index >= 15 is 0 Å². The van der Waals surface area contributed by atoms with Gasteiger partial charge in [-0.05, 0) is 44.0 Å². The van der Waals surface area contributed by atoms with Crippen molar-refractivity contribution in [3.05, 3.63) is 46.2 Å². The molecule has 134 valence electrons. The van der Waals surface area contributed by atoms with E-state index in [1.54, 1.807) is 8.87 Å². The first-order valence-corrected chi connectivity index (χ1v) is 10.5. The van der Waals surface area contributed by atoms with Crippen molar-refractivity contribution in [3.63, 3.8) is 0 Å². The van der Waals surface area contributed by atoms with Crippen LogP contribution in [-0.4, -0.2) is 35.8 Å². The Morgan fingerprint density at radius 2 is 1.96 bits per heavy atom. The molecule has 0 saturated carbocycles. The molecule has 1 aliphatic rings. The van der Waals surface area contributed by atoms with Crippen molar-refractivity contribution in [2.24, 2.45) is 12.0 Å². The molecular weight excluding hydrogens is 358 g/mol. The van der Waals surface area contributed by atoms with Crippen LogP contribution < -0.4 is 4.80 Å². The molecule has 0 radical (unpaired) electrons. The lowest BCUT2D eigenvalue weighted by atomic mass is 10.1. The fourth-order valence-corrected chi connectivity index (χ4v) is 5.35. The minimum Gasteiger partial charge on any atom is -0.327 e. The predicted octanol–water partition coefficient (Wildman–Crippen LogP) is 2.39. The van der Waals surface area contributed by atoms with Crippen molar-refractivity contribution >= 4 is 27.3 Å². The Bertz CT molecular complexity index is 927. The van der Waals surface area contributed by atoms with Crippen LogP contribution in [0.15, 0.2) is 45.7 Å². The van der Waals surface area contributed by atoms with E-state index in [0.29, 0.717) is 16.9 Å². The molecule has 1 aromatic carbocycles. The van der Waals surface area contributed by atoms with Gasteiger partial charge in [0.05, 0.1) is 4.90 Å². The topological polar surface area (TPSA) is 71.7 Å². The van der Waals surface area contributed by atoms with Gasteiger partial charge in [-0.25, -0.2) is 8.42 Å². The lowest BCUT2D eigenvalue weighted by Crippen LogP contribution is -2.41. The van der Waals surface area contributed by atoms with Crippen LogP contribution in [-0.2, 0) is 17.1 Å². The lowest BCUT2D eigenvalue weighted by molar-refractivity contribution is 0.0997. The first-order valence-electron chi connectivity index (χ1n) is 8.20. The number of aryl methyl sites for hydroxylation is 1. The zero-order valence-electron chi connectivity index (χ0n) is 14.3. The van der Waals surface area contributed by atoms with Crippen LogP contribution in [0.5, 0.6) is 0 Å². The zero-order chi connectivity index (χ0) is 18.0. The van der Waals surface area contributed by atoms with E-state index in [2.05, 4.69) is 4.99 Å². The van der Waals surface area contributed by atoms with E-state index in [4.69, 9.17) is 0 Å². The quantitative estimate of drug-likeness (QED) is 0.822. The molecule has 0 spiro atoms. The third-order valence-corrected chi connectivity index (χ3v) is 7.28. The van der Waals surface area contributed by atoms with E-state index in [0.717, 1.165) is 19.3 Å². The maximum atomic E-state index is 12.8. The van der Waals surface area contributed by atoms with Crippen molar-refractivity contribution in [2.75, 3.05) is 6.54 Å². The Kier molecular flexibility index (Phi) is 5.21. The summed E-state index contributed by atoms with van der Waals surface area (Å²) in [5.41, 5.74) is 0.374. The van der Waals surface area contributed by atoms with Crippen LogP contribution in [0.3, 0.4) is 0 Å². The van der Waals surface area contributed by atoms with Crippen LogP contribution in [0.1, 0.15) is 36.5 Å². The number of nitrogens with zero attached hydrogens (tertiary/aromatic N) is 3. The van der Waals surface area contributed by atoms with Gasteiger partial charge in [-0.15, -0.1) is 11.3 Å². The summed E-state index contributed by atoms with van der Waals surface area (Å²) in [6.45, 7) is 2.49. The number of carbonyl (C=O) groups is 1. The predicted molar refractivity (Wildman–Crippen MR) is 96.8 cm³/mol. The van der Waals surface area contributed by atoms with Crippen molar-refractivity contribution in [1.29, 1.82) is 0 Å². The summed E-state index contributed by atoms with van der Waals surface area (Å²) in [5, 5.41) is 1.85. The van der Waals surface area contributed by atoms with Gasteiger partial charge in [0.2, 0.25) is 10.0 Å². The monoisotopic (exact) mass is 379 g/mol. The number of benzene rings is 1. The molecule has 3 rings (SSSR count). The van der Waals surface area contributed by atoms with E-state index in [-0.39, 0.29) is 16.8 Å². The molecule has 2 heterocycles. The number of carbonyl (C=O) groups excluding carboxylic acids is 1. The second kappa shape index (κ2) is 7.23. The molecule has 1 amide bonds. The van der Waals surface area contributed by atoms with E-state index in [1.165, 1.54) is 35.6 Å². The van der Waals surface area contributed by atoms with Crippen LogP contribution >= 0.6 is 11.3 Å². The SMILES string of the molecule is CC1CCCCN1S(=O)(=O)c1ccc(C(=O)N=c2sccn2C)cc1. The first-order chi connectivity index (χ1) is 11.9. The maximum Gasteiger partial charge on any atom is 0.279 e. The van der Waals surface area contributed by atoms with Gasteiger partial charge in [0.1, 0.15) is 0 Å². The largest absolute Gasteiger partial charge is 0.327 e. The molecule has 2 aromatic rings. The van der Waals surface area contributed by atoms with Crippen LogP contribution in [0.4, 0.5) is 0 Å². The standard InChI is InChI=1S/C17H21N3O3S2/c1-13-5-3-4-10-20(13)25(22,23)15-8-6-14(7-9-15)16(21)18-17-19(2)11-12-24-17/h6-9,11-13H,3-5,10H2,1-2H3. The molecule has 1 aromatic heterocycles. The highest BCUT2D eigenvalue weighted by Crippen LogP contribution is 2.25. The van der Waals surface area contributed by atoms with Gasteiger partial charge in [-0.1, -0.05) is 6.42 Å². The molecule has 8 heteroatoms. The fourth-order valence-electron chi connectivity index (χ4n) is 2.92. The Hall–Kier alpha value is -1.77. The zero-order valence-corrected chi connectivity index (χ0v) is 15.9. The second-order valence-electron chi connectivity index (χ2n) is 6.20. The molecule has 25 heavy (non-hydrogen) atoms. The van der Waals surface area contributed by atoms with Crippen LogP contribution in [0.25, 0.3) is 0 Å². The summed E-state index contributed by atoms with van der Waals surface area (Å²) in [5.74, 6) is -0.381. The minimum absolute atomic E-state index is 0.00823. The smallest absolute Gasteiger partial charge is 0.279 e. The summed E-state index contributed by atoms with van der Waals surface area (Å²) in [7, 11) is -1.70. The number of hydrogen-bond donors (Lipinski definition) is 0. The number of piperidine rings is 1. The van der Waals surface area contributed by atoms with Crippen LogP contribution in [0.2, 0.25) is 0 Å². The molecule has 0 aliphatic carbocycles. The second-order valence-corrected chi connectivity index (χ2v) is 8.96. The van der Waals surface area contributed by atoms with Crippen molar-refractivity contribution in [2.45, 2.75) is 37.1 Å². The molecule has 1 unspecified atom stereocenters. The van der Waals surface area contributed by atoms with E-state index in [1.807, 2.05) is 25.5 Å². The maximum absolute atomic E-state index is 12.8. The summed E-state index contributed by atoms with van der Waals surface area (Å²) in [6.07, 6.45) is 4.65. The molecular formula is C17H21N3O3S2. The van der Waals surface area contributed by atoms with Crippen molar-refractivity contribution in [1.82, 2.24) is 8.87 Å². The van der Waals surface area contributed by atoms with E-state index in [9.17, 15) is 13.2 Å². The van der Waals surface area contributed by atoms with Gasteiger partial charge in [-0.2, -0.15) is 9.30 Å². The Labute approximate surface area is 151 Å². The number of amides is 1. The minimum atomic E-state index is -3.52. The number of aromatic nitrogens is 1. The number of sulfonamides is 1. The van der Waals surface area contributed by atoms with E-state index < -0.39 is 10.0 Å². The number of rotatable bonds is 3. The van der Waals surface area contributed by atoms with Gasteiger partial charge >= 0.3 is 0 Å². The molecule has 1 saturated heterocycles. The van der Waals surface area contributed by atoms with Crippen molar-refractivity contribution < 1.29 is 13.2 Å². The highest BCUT2D eigenvalue weighted by Gasteiger charge is 2.30. The Morgan fingerprint density at radius 1 is 1.24 bits per heavy atom. The molecule has 1 atom stereocenters. The Morgan fingerprint density at radius 3 is 2.56 bits per heavy atom. The number of thiazole rings is 1. The highest BCUT2D eigenvalue weighted by molar-refractivity contribution is 7.89. The summed E-state index contributed by atoms with van der Waals surface area (Å²) >= 11 is 1.37. The average Bonchev–Trinajstić information content (AvgIpc) is 3.00. The van der Waals surface area contributed by atoms with Gasteiger partial charge in [0.25, 0.3) is 5.91 Å². The highest BCUT2D eigenvalue weighted by atomic mass is 32.2. The fraction of sp³-hybridized carbons (Fsp3) is 0.412. The van der Waals surface area contributed by atoms with Gasteiger partial charge in [-0.3, -0.25) is 4.79 Å². The first kappa shape index (κ1) is 18.0. The molecule has 0 N–H and O–H groups in total. The Balaban J connectivity index is 1.85. The van der Waals surface area contributed by atoms with Gasteiger partial charge < -0.3 is 4.57 Å². The summed E-state index contributed by atoms with van der Waals surface area (Å²) < 4.78 is 28.9. The molecule has 1 fully saturated rings. The third-order valence-electron chi connectivity index (χ3n) is 4.41. The number of hydrogen-bond acceptors (Lipinski definition) is 4. The molecule has 1 aliphatic heterocycles. The molecule has 6 nitrogen and oxygen atoms in total. The van der Waals surface area contributed by atoms with Crippen LogP contribution in [0, 0.1) is 0 Å². The lowest BCUT2D eigenvalue weighted by Gasteiger charge is -2.32. The van der Waals surface area contributed by atoms with Crippen molar-refractivity contribution in [3.8, 4) is 0 Å². The van der Waals surface area contributed by atoms with Gasteiger partial charge in [0.15, 0.2) is 4.80 Å². The summed E-state index contributed by atoms with van der Waals surface area (Å²) in [4.78, 5) is 17.1. The summed E-state index contributed by atoms with van der Waals surface area (Å²) in [6, 6.07) is 6.05. The normalized spacial score (nSPS) is 19.9.